The number of hydrogen-bond donors (Lipinski definition) is 1. The van der Waals surface area contributed by atoms with Gasteiger partial charge in [-0.2, -0.15) is 0 Å². The van der Waals surface area contributed by atoms with Gasteiger partial charge in [-0.1, -0.05) is 42.8 Å². The lowest BCUT2D eigenvalue weighted by Crippen LogP contribution is -2.52. The maximum absolute atomic E-state index is 14.1. The number of amides is 2. The number of nitrogens with one attached hydrogen (secondary N) is 1. The second-order valence-electron chi connectivity index (χ2n) is 9.73. The highest BCUT2D eigenvalue weighted by Gasteiger charge is 2.34. The van der Waals surface area contributed by atoms with Crippen LogP contribution in [0.25, 0.3) is 0 Å². The average molecular weight is 616 g/mol. The monoisotopic (exact) mass is 615 g/mol. The van der Waals surface area contributed by atoms with E-state index in [1.54, 1.807) is 69.5 Å². The van der Waals surface area contributed by atoms with Crippen molar-refractivity contribution < 1.29 is 27.5 Å². The predicted molar refractivity (Wildman–Crippen MR) is 164 cm³/mol. The Balaban J connectivity index is 2.07. The Bertz CT molecular complexity index is 1450. The Hall–Kier alpha value is -3.76. The van der Waals surface area contributed by atoms with Gasteiger partial charge >= 0.3 is 0 Å². The molecule has 0 unspecified atom stereocenters. The van der Waals surface area contributed by atoms with Crippen molar-refractivity contribution in [3.63, 3.8) is 0 Å². The standard InChI is InChI=1S/C31H38ClN3O6S/c1-6-22(3)33-31(37)23(4)34(20-24-12-16-26(40-5)17-13-24)30(36)21-35(28-10-8-9-11-29(28)41-7-2)42(38,39)27-18-14-25(32)15-19-27/h8-19,22-23H,6-7,20-21H2,1-5H3,(H,33,37)/t22-,23-/m0/s1. The molecular weight excluding hydrogens is 578 g/mol. The normalized spacial score (nSPS) is 12.6. The van der Waals surface area contributed by atoms with Gasteiger partial charge in [0, 0.05) is 17.6 Å². The van der Waals surface area contributed by atoms with Crippen LogP contribution in [-0.4, -0.2) is 57.5 Å². The maximum atomic E-state index is 14.1. The molecule has 0 radical (unpaired) electrons. The summed E-state index contributed by atoms with van der Waals surface area (Å²) in [5.41, 5.74) is 0.943. The van der Waals surface area contributed by atoms with Crippen LogP contribution < -0.4 is 19.1 Å². The summed E-state index contributed by atoms with van der Waals surface area (Å²) in [5, 5.41) is 3.30. The molecule has 0 fully saturated rings. The lowest BCUT2D eigenvalue weighted by atomic mass is 10.1. The van der Waals surface area contributed by atoms with E-state index >= 15 is 0 Å². The van der Waals surface area contributed by atoms with E-state index in [2.05, 4.69) is 5.32 Å². The summed E-state index contributed by atoms with van der Waals surface area (Å²) < 4.78 is 40.1. The minimum Gasteiger partial charge on any atom is -0.497 e. The third-order valence-corrected chi connectivity index (χ3v) is 8.82. The lowest BCUT2D eigenvalue weighted by Gasteiger charge is -2.33. The molecule has 9 nitrogen and oxygen atoms in total. The number of methoxy groups -OCH3 is 1. The van der Waals surface area contributed by atoms with Crippen molar-refractivity contribution >= 4 is 39.1 Å². The van der Waals surface area contributed by atoms with E-state index in [0.717, 1.165) is 9.87 Å². The number of para-hydroxylation sites is 2. The minimum absolute atomic E-state index is 0.0460. The second-order valence-corrected chi connectivity index (χ2v) is 12.0. The number of ether oxygens (including phenoxy) is 2. The molecule has 0 spiro atoms. The first kappa shape index (κ1) is 32.8. The molecule has 2 atom stereocenters. The molecule has 1 N–H and O–H groups in total. The van der Waals surface area contributed by atoms with Crippen LogP contribution in [0.4, 0.5) is 5.69 Å². The molecule has 0 aromatic heterocycles. The summed E-state index contributed by atoms with van der Waals surface area (Å²) >= 11 is 6.02. The molecule has 0 saturated carbocycles. The number of benzene rings is 3. The van der Waals surface area contributed by atoms with E-state index in [0.29, 0.717) is 22.9 Å². The maximum Gasteiger partial charge on any atom is 0.264 e. The van der Waals surface area contributed by atoms with Crippen LogP contribution in [0, 0.1) is 0 Å². The zero-order chi connectivity index (χ0) is 30.9. The predicted octanol–water partition coefficient (Wildman–Crippen LogP) is 5.27. The Morgan fingerprint density at radius 2 is 1.60 bits per heavy atom. The molecule has 2 amide bonds. The fourth-order valence-corrected chi connectivity index (χ4v) is 5.71. The van der Waals surface area contributed by atoms with Crippen LogP contribution in [0.1, 0.15) is 39.7 Å². The van der Waals surface area contributed by atoms with Crippen molar-refractivity contribution in [2.24, 2.45) is 0 Å². The number of carbonyl (C=O) groups is 2. The second kappa shape index (κ2) is 14.9. The quantitative estimate of drug-likeness (QED) is 0.265. The molecule has 0 bridgehead atoms. The van der Waals surface area contributed by atoms with E-state index in [-0.39, 0.29) is 35.7 Å². The van der Waals surface area contributed by atoms with Gasteiger partial charge in [-0.05, 0) is 81.3 Å². The highest BCUT2D eigenvalue weighted by Crippen LogP contribution is 2.33. The Morgan fingerprint density at radius 3 is 2.19 bits per heavy atom. The number of nitrogens with zero attached hydrogens (tertiary/aromatic N) is 2. The van der Waals surface area contributed by atoms with Gasteiger partial charge < -0.3 is 19.7 Å². The number of hydrogen-bond acceptors (Lipinski definition) is 6. The summed E-state index contributed by atoms with van der Waals surface area (Å²) in [5.74, 6) is 0.0380. The minimum atomic E-state index is -4.26. The summed E-state index contributed by atoms with van der Waals surface area (Å²) in [7, 11) is -2.70. The van der Waals surface area contributed by atoms with Crippen molar-refractivity contribution in [1.82, 2.24) is 10.2 Å². The van der Waals surface area contributed by atoms with Crippen LogP contribution in [-0.2, 0) is 26.2 Å². The Kier molecular flexibility index (Phi) is 11.6. The number of rotatable bonds is 14. The molecule has 0 aliphatic heterocycles. The van der Waals surface area contributed by atoms with Crippen molar-refractivity contribution in [1.29, 1.82) is 0 Å². The zero-order valence-corrected chi connectivity index (χ0v) is 26.1. The van der Waals surface area contributed by atoms with Gasteiger partial charge in [-0.25, -0.2) is 8.42 Å². The van der Waals surface area contributed by atoms with E-state index in [9.17, 15) is 18.0 Å². The van der Waals surface area contributed by atoms with Gasteiger partial charge in [0.15, 0.2) is 0 Å². The first-order chi connectivity index (χ1) is 20.0. The Labute approximate surface area is 253 Å². The molecule has 3 rings (SSSR count). The molecule has 0 aliphatic rings. The lowest BCUT2D eigenvalue weighted by molar-refractivity contribution is -0.139. The number of sulfonamides is 1. The molecule has 3 aromatic rings. The van der Waals surface area contributed by atoms with Gasteiger partial charge in [0.1, 0.15) is 24.1 Å². The van der Waals surface area contributed by atoms with Crippen LogP contribution in [0.2, 0.25) is 5.02 Å². The topological polar surface area (TPSA) is 105 Å². The van der Waals surface area contributed by atoms with Crippen molar-refractivity contribution in [3.8, 4) is 11.5 Å². The van der Waals surface area contributed by atoms with Gasteiger partial charge in [-0.15, -0.1) is 0 Å². The van der Waals surface area contributed by atoms with E-state index in [1.807, 2.05) is 13.8 Å². The number of carbonyl (C=O) groups excluding carboxylic acids is 2. The van der Waals surface area contributed by atoms with Crippen molar-refractivity contribution in [3.05, 3.63) is 83.4 Å². The first-order valence-electron chi connectivity index (χ1n) is 13.7. The first-order valence-corrected chi connectivity index (χ1v) is 15.6. The van der Waals surface area contributed by atoms with Crippen molar-refractivity contribution in [2.75, 3.05) is 24.6 Å². The fourth-order valence-electron chi connectivity index (χ4n) is 4.16. The summed E-state index contributed by atoms with van der Waals surface area (Å²) in [6.45, 7) is 7.03. The molecule has 3 aromatic carbocycles. The van der Waals surface area contributed by atoms with Crippen LogP contribution in [0.3, 0.4) is 0 Å². The van der Waals surface area contributed by atoms with Gasteiger partial charge in [0.2, 0.25) is 11.8 Å². The highest BCUT2D eigenvalue weighted by molar-refractivity contribution is 7.92. The molecule has 0 aliphatic carbocycles. The number of anilines is 1. The average Bonchev–Trinajstić information content (AvgIpc) is 2.99. The van der Waals surface area contributed by atoms with Crippen LogP contribution in [0.5, 0.6) is 11.5 Å². The van der Waals surface area contributed by atoms with E-state index in [4.69, 9.17) is 21.1 Å². The SMILES string of the molecule is CCOc1ccccc1N(CC(=O)N(Cc1ccc(OC)cc1)[C@@H](C)C(=O)N[C@@H](C)CC)S(=O)(=O)c1ccc(Cl)cc1. The van der Waals surface area contributed by atoms with E-state index in [1.165, 1.54) is 29.2 Å². The third kappa shape index (κ3) is 8.17. The Morgan fingerprint density at radius 1 is 0.952 bits per heavy atom. The molecular formula is C31H38ClN3O6S. The molecule has 11 heteroatoms. The largest absolute Gasteiger partial charge is 0.497 e. The van der Waals surface area contributed by atoms with Crippen LogP contribution >= 0.6 is 11.6 Å². The third-order valence-electron chi connectivity index (χ3n) is 6.79. The smallest absolute Gasteiger partial charge is 0.264 e. The zero-order valence-electron chi connectivity index (χ0n) is 24.5. The number of halogens is 1. The van der Waals surface area contributed by atoms with Gasteiger partial charge in [0.05, 0.1) is 24.3 Å². The summed E-state index contributed by atoms with van der Waals surface area (Å²) in [6, 6.07) is 18.5. The molecule has 226 valence electrons. The van der Waals surface area contributed by atoms with Gasteiger partial charge in [-0.3, -0.25) is 13.9 Å². The summed E-state index contributed by atoms with van der Waals surface area (Å²) in [6.07, 6.45) is 0.714. The highest BCUT2D eigenvalue weighted by atomic mass is 35.5. The molecule has 0 heterocycles. The fraction of sp³-hybridized carbons (Fsp3) is 0.355. The van der Waals surface area contributed by atoms with Gasteiger partial charge in [0.25, 0.3) is 10.0 Å². The van der Waals surface area contributed by atoms with Crippen LogP contribution in [0.15, 0.2) is 77.7 Å². The molecule has 0 saturated heterocycles. The van der Waals surface area contributed by atoms with E-state index < -0.39 is 28.5 Å². The van der Waals surface area contributed by atoms with Crippen molar-refractivity contribution in [2.45, 2.75) is 57.6 Å². The summed E-state index contributed by atoms with van der Waals surface area (Å²) in [4.78, 5) is 28.7. The molecule has 42 heavy (non-hydrogen) atoms.